The number of piperidine rings is 1. The van der Waals surface area contributed by atoms with E-state index >= 15 is 0 Å². The topological polar surface area (TPSA) is 52.7 Å². The van der Waals surface area contributed by atoms with Crippen LogP contribution in [0.15, 0.2) is 66.7 Å². The SMILES string of the molecule is CCN(CC)C(CNC(=O)C1CCN(C(=O)/C=C/c2ccccc2)CC1)c1ccccc1. The lowest BCUT2D eigenvalue weighted by atomic mass is 9.95. The molecule has 0 bridgehead atoms. The van der Waals surface area contributed by atoms with Crippen molar-refractivity contribution in [2.75, 3.05) is 32.7 Å². The van der Waals surface area contributed by atoms with E-state index in [1.807, 2.05) is 59.5 Å². The summed E-state index contributed by atoms with van der Waals surface area (Å²) in [6, 6.07) is 20.4. The lowest BCUT2D eigenvalue weighted by molar-refractivity contribution is -0.132. The maximum atomic E-state index is 12.9. The highest BCUT2D eigenvalue weighted by atomic mass is 16.2. The first-order chi connectivity index (χ1) is 15.6. The van der Waals surface area contributed by atoms with Crippen molar-refractivity contribution in [1.82, 2.24) is 15.1 Å². The van der Waals surface area contributed by atoms with Gasteiger partial charge in [-0.3, -0.25) is 14.5 Å². The van der Waals surface area contributed by atoms with Gasteiger partial charge in [-0.1, -0.05) is 74.5 Å². The van der Waals surface area contributed by atoms with Gasteiger partial charge in [-0.15, -0.1) is 0 Å². The number of hydrogen-bond donors (Lipinski definition) is 1. The summed E-state index contributed by atoms with van der Waals surface area (Å²) in [5.74, 6) is 0.0775. The van der Waals surface area contributed by atoms with E-state index < -0.39 is 0 Å². The number of nitrogens with one attached hydrogen (secondary N) is 1. The van der Waals surface area contributed by atoms with E-state index in [0.29, 0.717) is 32.5 Å². The molecule has 0 aromatic heterocycles. The molecule has 0 spiro atoms. The molecule has 1 heterocycles. The average molecular weight is 434 g/mol. The molecular weight excluding hydrogens is 398 g/mol. The minimum atomic E-state index is -0.0368. The third-order valence-electron chi connectivity index (χ3n) is 6.30. The Kier molecular flexibility index (Phi) is 9.05. The maximum Gasteiger partial charge on any atom is 0.246 e. The second-order valence-corrected chi connectivity index (χ2v) is 8.24. The van der Waals surface area contributed by atoms with Gasteiger partial charge in [-0.25, -0.2) is 0 Å². The van der Waals surface area contributed by atoms with Crippen LogP contribution in [-0.2, 0) is 9.59 Å². The molecule has 0 saturated carbocycles. The molecule has 1 atom stereocenters. The lowest BCUT2D eigenvalue weighted by Crippen LogP contribution is -2.44. The highest BCUT2D eigenvalue weighted by Crippen LogP contribution is 2.21. The molecule has 1 unspecified atom stereocenters. The number of hydrogen-bond acceptors (Lipinski definition) is 3. The highest BCUT2D eigenvalue weighted by molar-refractivity contribution is 5.92. The first-order valence-electron chi connectivity index (χ1n) is 11.7. The molecule has 1 fully saturated rings. The number of nitrogens with zero attached hydrogens (tertiary/aromatic N) is 2. The molecule has 0 radical (unpaired) electrons. The smallest absolute Gasteiger partial charge is 0.246 e. The molecule has 3 rings (SSSR count). The quantitative estimate of drug-likeness (QED) is 0.605. The molecule has 32 heavy (non-hydrogen) atoms. The van der Waals surface area contributed by atoms with Crippen molar-refractivity contribution in [3.05, 3.63) is 77.9 Å². The fourth-order valence-electron chi connectivity index (χ4n) is 4.34. The third kappa shape index (κ3) is 6.54. The Morgan fingerprint density at radius 2 is 1.59 bits per heavy atom. The molecule has 5 nitrogen and oxygen atoms in total. The molecule has 0 aliphatic carbocycles. The minimum Gasteiger partial charge on any atom is -0.354 e. The van der Waals surface area contributed by atoms with Crippen LogP contribution in [0.5, 0.6) is 0 Å². The van der Waals surface area contributed by atoms with Crippen LogP contribution in [-0.4, -0.2) is 54.3 Å². The van der Waals surface area contributed by atoms with E-state index in [0.717, 1.165) is 18.7 Å². The normalized spacial score (nSPS) is 15.8. The van der Waals surface area contributed by atoms with Crippen LogP contribution < -0.4 is 5.32 Å². The van der Waals surface area contributed by atoms with Gasteiger partial charge in [0.15, 0.2) is 0 Å². The van der Waals surface area contributed by atoms with Gasteiger partial charge in [0.1, 0.15) is 0 Å². The van der Waals surface area contributed by atoms with Gasteiger partial charge in [-0.2, -0.15) is 0 Å². The Hall–Kier alpha value is -2.92. The van der Waals surface area contributed by atoms with Crippen LogP contribution in [0.25, 0.3) is 6.08 Å². The van der Waals surface area contributed by atoms with Crippen LogP contribution >= 0.6 is 0 Å². The van der Waals surface area contributed by atoms with Crippen molar-refractivity contribution >= 4 is 17.9 Å². The molecule has 1 saturated heterocycles. The zero-order valence-electron chi connectivity index (χ0n) is 19.2. The first kappa shape index (κ1) is 23.7. The van der Waals surface area contributed by atoms with E-state index in [1.54, 1.807) is 6.08 Å². The second-order valence-electron chi connectivity index (χ2n) is 8.24. The monoisotopic (exact) mass is 433 g/mol. The molecule has 170 valence electrons. The van der Waals surface area contributed by atoms with Gasteiger partial charge in [0.2, 0.25) is 11.8 Å². The van der Waals surface area contributed by atoms with Gasteiger partial charge >= 0.3 is 0 Å². The van der Waals surface area contributed by atoms with Crippen LogP contribution in [0.4, 0.5) is 0 Å². The van der Waals surface area contributed by atoms with Gasteiger partial charge < -0.3 is 10.2 Å². The number of likely N-dealkylation sites (N-methyl/N-ethyl adjacent to an activating group) is 1. The zero-order valence-corrected chi connectivity index (χ0v) is 19.2. The Morgan fingerprint density at radius 3 is 2.19 bits per heavy atom. The van der Waals surface area contributed by atoms with Crippen LogP contribution in [0.2, 0.25) is 0 Å². The fraction of sp³-hybridized carbons (Fsp3) is 0.407. The van der Waals surface area contributed by atoms with Gasteiger partial charge in [0, 0.05) is 31.6 Å². The largest absolute Gasteiger partial charge is 0.354 e. The molecular formula is C27H35N3O2. The van der Waals surface area contributed by atoms with Crippen LogP contribution in [0.1, 0.15) is 43.9 Å². The number of carbonyl (C=O) groups excluding carboxylic acids is 2. The summed E-state index contributed by atoms with van der Waals surface area (Å²) in [6.07, 6.45) is 4.89. The van der Waals surface area contributed by atoms with Crippen molar-refractivity contribution in [2.24, 2.45) is 5.92 Å². The molecule has 2 aromatic rings. The van der Waals surface area contributed by atoms with Crippen molar-refractivity contribution < 1.29 is 9.59 Å². The summed E-state index contributed by atoms with van der Waals surface area (Å²) >= 11 is 0. The summed E-state index contributed by atoms with van der Waals surface area (Å²) in [5, 5.41) is 3.19. The van der Waals surface area contributed by atoms with Crippen molar-refractivity contribution in [3.8, 4) is 0 Å². The molecule has 1 aliphatic heterocycles. The summed E-state index contributed by atoms with van der Waals surface area (Å²) in [6.45, 7) is 8.01. The minimum absolute atomic E-state index is 0.0124. The first-order valence-corrected chi connectivity index (χ1v) is 11.7. The Labute approximate surface area is 192 Å². The maximum absolute atomic E-state index is 12.9. The van der Waals surface area contributed by atoms with Crippen LogP contribution in [0, 0.1) is 5.92 Å². The number of rotatable bonds is 9. The van der Waals surface area contributed by atoms with E-state index in [1.165, 1.54) is 5.56 Å². The number of amides is 2. The van der Waals surface area contributed by atoms with E-state index in [-0.39, 0.29) is 23.8 Å². The average Bonchev–Trinajstić information content (AvgIpc) is 2.86. The number of benzene rings is 2. The predicted molar refractivity (Wildman–Crippen MR) is 130 cm³/mol. The van der Waals surface area contributed by atoms with E-state index in [4.69, 9.17) is 0 Å². The fourth-order valence-corrected chi connectivity index (χ4v) is 4.34. The van der Waals surface area contributed by atoms with Gasteiger partial charge in [-0.05, 0) is 43.1 Å². The summed E-state index contributed by atoms with van der Waals surface area (Å²) in [5.41, 5.74) is 2.23. The lowest BCUT2D eigenvalue weighted by Gasteiger charge is -2.33. The molecule has 1 aliphatic rings. The summed E-state index contributed by atoms with van der Waals surface area (Å²) in [4.78, 5) is 29.6. The Bertz CT molecular complexity index is 870. The molecule has 2 aromatic carbocycles. The van der Waals surface area contributed by atoms with Crippen molar-refractivity contribution in [1.29, 1.82) is 0 Å². The van der Waals surface area contributed by atoms with Crippen LogP contribution in [0.3, 0.4) is 0 Å². The summed E-state index contributed by atoms with van der Waals surface area (Å²) < 4.78 is 0. The predicted octanol–water partition coefficient (Wildman–Crippen LogP) is 4.14. The van der Waals surface area contributed by atoms with Gasteiger partial charge in [0.05, 0.1) is 6.04 Å². The van der Waals surface area contributed by atoms with E-state index in [2.05, 4.69) is 36.2 Å². The number of likely N-dealkylation sites (tertiary alicyclic amines) is 1. The molecule has 5 heteroatoms. The second kappa shape index (κ2) is 12.2. The summed E-state index contributed by atoms with van der Waals surface area (Å²) in [7, 11) is 0. The van der Waals surface area contributed by atoms with Gasteiger partial charge in [0.25, 0.3) is 0 Å². The Morgan fingerprint density at radius 1 is 1.00 bits per heavy atom. The highest BCUT2D eigenvalue weighted by Gasteiger charge is 2.27. The number of carbonyl (C=O) groups is 2. The third-order valence-corrected chi connectivity index (χ3v) is 6.30. The van der Waals surface area contributed by atoms with Crippen molar-refractivity contribution in [3.63, 3.8) is 0 Å². The standard InChI is InChI=1S/C27H35N3O2/c1-3-29(4-2)25(23-13-9-6-10-14-23)21-28-27(32)24-17-19-30(20-18-24)26(31)16-15-22-11-7-5-8-12-22/h5-16,24-25H,3-4,17-21H2,1-2H3,(H,28,32)/b16-15+. The van der Waals surface area contributed by atoms with E-state index in [9.17, 15) is 9.59 Å². The van der Waals surface area contributed by atoms with Crippen molar-refractivity contribution in [2.45, 2.75) is 32.7 Å². The molecule has 1 N–H and O–H groups in total. The Balaban J connectivity index is 1.50. The molecule has 2 amide bonds. The zero-order chi connectivity index (χ0) is 22.8.